The molecule has 0 bridgehead atoms. The third kappa shape index (κ3) is 16.9. The Labute approximate surface area is 236 Å². The molecule has 1 rings (SSSR count). The molecular formula is C36H60O2. The minimum atomic E-state index is -0.0720. The van der Waals surface area contributed by atoms with Gasteiger partial charge in [-0.05, 0) is 63.5 Å². The molecule has 1 aliphatic carbocycles. The SMILES string of the molecule is CCCCCCCCCCCCCCCC(=O)OCC=C(C)/C=C\C=C(C)C=CC1=C(C)CCCC1(C)C. The van der Waals surface area contributed by atoms with Crippen LogP contribution in [-0.4, -0.2) is 12.6 Å². The zero-order chi connectivity index (χ0) is 28.1. The second kappa shape index (κ2) is 21.0. The van der Waals surface area contributed by atoms with Crippen LogP contribution in [0.15, 0.2) is 58.7 Å². The van der Waals surface area contributed by atoms with Crippen molar-refractivity contribution in [3.05, 3.63) is 58.7 Å². The maximum absolute atomic E-state index is 12.0. The Kier molecular flexibility index (Phi) is 18.9. The number of unbranched alkanes of at least 4 members (excludes halogenated alkanes) is 12. The molecule has 38 heavy (non-hydrogen) atoms. The van der Waals surface area contributed by atoms with Gasteiger partial charge in [-0.3, -0.25) is 4.79 Å². The Bertz CT molecular complexity index is 803. The number of rotatable bonds is 20. The Hall–Kier alpha value is -1.83. The standard InChI is InChI=1S/C36H60O2/c1-7-8-9-10-11-12-13-14-15-16-17-18-19-25-35(37)38-30-28-32(3)23-20-22-31(2)26-27-34-33(4)24-21-29-36(34,5)6/h20,22-23,26-28H,7-19,21,24-25,29-30H2,1-6H3/b23-20-,27-26?,31-22?,32-28?. The molecule has 216 valence electrons. The molecule has 0 N–H and O–H groups in total. The Morgan fingerprint density at radius 2 is 1.42 bits per heavy atom. The van der Waals surface area contributed by atoms with Gasteiger partial charge in [-0.15, -0.1) is 0 Å². The van der Waals surface area contributed by atoms with E-state index < -0.39 is 0 Å². The van der Waals surface area contributed by atoms with E-state index in [1.807, 2.05) is 6.08 Å². The monoisotopic (exact) mass is 524 g/mol. The van der Waals surface area contributed by atoms with Crippen LogP contribution in [0.4, 0.5) is 0 Å². The van der Waals surface area contributed by atoms with Crippen LogP contribution >= 0.6 is 0 Å². The number of allylic oxidation sites excluding steroid dienone is 9. The maximum Gasteiger partial charge on any atom is 0.306 e. The highest BCUT2D eigenvalue weighted by molar-refractivity contribution is 5.69. The number of hydrogen-bond acceptors (Lipinski definition) is 2. The van der Waals surface area contributed by atoms with E-state index in [0.29, 0.717) is 13.0 Å². The van der Waals surface area contributed by atoms with E-state index in [1.54, 1.807) is 0 Å². The lowest BCUT2D eigenvalue weighted by molar-refractivity contribution is -0.142. The van der Waals surface area contributed by atoms with E-state index >= 15 is 0 Å². The number of hydrogen-bond donors (Lipinski definition) is 0. The highest BCUT2D eigenvalue weighted by Crippen LogP contribution is 2.40. The molecule has 0 aromatic rings. The molecule has 0 fully saturated rings. The molecule has 0 atom stereocenters. The van der Waals surface area contributed by atoms with Crippen molar-refractivity contribution >= 4 is 5.97 Å². The van der Waals surface area contributed by atoms with Gasteiger partial charge in [0, 0.05) is 6.42 Å². The van der Waals surface area contributed by atoms with Crippen LogP contribution in [0.1, 0.15) is 151 Å². The lowest BCUT2D eigenvalue weighted by atomic mass is 9.72. The summed E-state index contributed by atoms with van der Waals surface area (Å²) >= 11 is 0. The Balaban J connectivity index is 2.13. The summed E-state index contributed by atoms with van der Waals surface area (Å²) in [5, 5.41) is 0. The summed E-state index contributed by atoms with van der Waals surface area (Å²) in [5.74, 6) is -0.0720. The highest BCUT2D eigenvalue weighted by atomic mass is 16.5. The van der Waals surface area contributed by atoms with Crippen molar-refractivity contribution in [1.29, 1.82) is 0 Å². The molecule has 0 saturated heterocycles. The lowest BCUT2D eigenvalue weighted by Gasteiger charge is -2.32. The van der Waals surface area contributed by atoms with Crippen LogP contribution < -0.4 is 0 Å². The maximum atomic E-state index is 12.0. The van der Waals surface area contributed by atoms with Gasteiger partial charge >= 0.3 is 5.97 Å². The lowest BCUT2D eigenvalue weighted by Crippen LogP contribution is -2.19. The number of esters is 1. The normalized spacial score (nSPS) is 16.7. The predicted octanol–water partition coefficient (Wildman–Crippen LogP) is 11.5. The van der Waals surface area contributed by atoms with E-state index in [-0.39, 0.29) is 11.4 Å². The van der Waals surface area contributed by atoms with Gasteiger partial charge < -0.3 is 4.74 Å². The van der Waals surface area contributed by atoms with Crippen LogP contribution in [-0.2, 0) is 9.53 Å². The van der Waals surface area contributed by atoms with Crippen molar-refractivity contribution in [1.82, 2.24) is 0 Å². The number of ether oxygens (including phenoxy) is 1. The zero-order valence-corrected chi connectivity index (χ0v) is 26.0. The Morgan fingerprint density at radius 1 is 0.842 bits per heavy atom. The molecular weight excluding hydrogens is 464 g/mol. The molecule has 2 heteroatoms. The second-order valence-corrected chi connectivity index (χ2v) is 12.2. The molecule has 0 aliphatic heterocycles. The summed E-state index contributed by atoms with van der Waals surface area (Å²) in [6.45, 7) is 13.8. The molecule has 0 heterocycles. The molecule has 0 amide bonds. The van der Waals surface area contributed by atoms with Crippen molar-refractivity contribution in [3.8, 4) is 0 Å². The summed E-state index contributed by atoms with van der Waals surface area (Å²) in [7, 11) is 0. The van der Waals surface area contributed by atoms with Gasteiger partial charge in [-0.25, -0.2) is 0 Å². The fourth-order valence-electron chi connectivity index (χ4n) is 5.33. The van der Waals surface area contributed by atoms with Gasteiger partial charge in [0.25, 0.3) is 0 Å². The first kappa shape index (κ1) is 34.2. The van der Waals surface area contributed by atoms with Crippen molar-refractivity contribution in [2.75, 3.05) is 6.61 Å². The van der Waals surface area contributed by atoms with Crippen LogP contribution in [0.25, 0.3) is 0 Å². The highest BCUT2D eigenvalue weighted by Gasteiger charge is 2.26. The Morgan fingerprint density at radius 3 is 2.00 bits per heavy atom. The number of carbonyl (C=O) groups excluding carboxylic acids is 1. The quantitative estimate of drug-likeness (QED) is 0.0899. The first-order valence-electron chi connectivity index (χ1n) is 15.8. The summed E-state index contributed by atoms with van der Waals surface area (Å²) in [6, 6.07) is 0. The van der Waals surface area contributed by atoms with Gasteiger partial charge in [0.05, 0.1) is 0 Å². The zero-order valence-electron chi connectivity index (χ0n) is 26.0. The summed E-state index contributed by atoms with van der Waals surface area (Å²) < 4.78 is 5.40. The number of carbonyl (C=O) groups is 1. The molecule has 2 nitrogen and oxygen atoms in total. The average Bonchev–Trinajstić information content (AvgIpc) is 2.86. The van der Waals surface area contributed by atoms with Gasteiger partial charge in [-0.1, -0.05) is 145 Å². The van der Waals surface area contributed by atoms with Crippen molar-refractivity contribution in [3.63, 3.8) is 0 Å². The summed E-state index contributed by atoms with van der Waals surface area (Å²) in [6.07, 6.45) is 34.3. The third-order valence-corrected chi connectivity index (χ3v) is 7.91. The molecule has 1 aliphatic rings. The van der Waals surface area contributed by atoms with E-state index in [2.05, 4.69) is 71.9 Å². The minimum Gasteiger partial charge on any atom is -0.461 e. The third-order valence-electron chi connectivity index (χ3n) is 7.91. The molecule has 0 aromatic carbocycles. The summed E-state index contributed by atoms with van der Waals surface area (Å²) in [5.41, 5.74) is 5.65. The van der Waals surface area contributed by atoms with Gasteiger partial charge in [0.15, 0.2) is 0 Å². The fourth-order valence-corrected chi connectivity index (χ4v) is 5.33. The smallest absolute Gasteiger partial charge is 0.306 e. The van der Waals surface area contributed by atoms with Crippen LogP contribution in [0, 0.1) is 5.41 Å². The fraction of sp³-hybridized carbons (Fsp3) is 0.694. The van der Waals surface area contributed by atoms with E-state index in [9.17, 15) is 4.79 Å². The minimum absolute atomic E-state index is 0.0720. The van der Waals surface area contributed by atoms with Crippen LogP contribution in [0.3, 0.4) is 0 Å². The summed E-state index contributed by atoms with van der Waals surface area (Å²) in [4.78, 5) is 12.0. The van der Waals surface area contributed by atoms with Crippen molar-refractivity contribution in [2.24, 2.45) is 5.41 Å². The van der Waals surface area contributed by atoms with Gasteiger partial charge in [0.2, 0.25) is 0 Å². The van der Waals surface area contributed by atoms with Gasteiger partial charge in [-0.2, -0.15) is 0 Å². The second-order valence-electron chi connectivity index (χ2n) is 12.2. The molecule has 0 spiro atoms. The first-order chi connectivity index (χ1) is 18.3. The van der Waals surface area contributed by atoms with Crippen molar-refractivity contribution in [2.45, 2.75) is 151 Å². The average molecular weight is 525 g/mol. The molecule has 0 aromatic heterocycles. The molecule has 0 saturated carbocycles. The van der Waals surface area contributed by atoms with E-state index in [4.69, 9.17) is 4.74 Å². The predicted molar refractivity (Wildman–Crippen MR) is 167 cm³/mol. The van der Waals surface area contributed by atoms with E-state index in [1.165, 1.54) is 107 Å². The van der Waals surface area contributed by atoms with Crippen molar-refractivity contribution < 1.29 is 9.53 Å². The van der Waals surface area contributed by atoms with E-state index in [0.717, 1.165) is 18.4 Å². The molecule has 0 radical (unpaired) electrons. The van der Waals surface area contributed by atoms with Gasteiger partial charge in [0.1, 0.15) is 6.61 Å². The topological polar surface area (TPSA) is 26.3 Å². The van der Waals surface area contributed by atoms with Crippen LogP contribution in [0.2, 0.25) is 0 Å². The first-order valence-corrected chi connectivity index (χ1v) is 15.8. The van der Waals surface area contributed by atoms with Crippen LogP contribution in [0.5, 0.6) is 0 Å². The molecule has 0 unspecified atom stereocenters. The largest absolute Gasteiger partial charge is 0.461 e.